The van der Waals surface area contributed by atoms with Crippen LogP contribution >= 0.6 is 0 Å². The first-order valence-corrected chi connectivity index (χ1v) is 10.7. The first-order chi connectivity index (χ1) is 16.5. The van der Waals surface area contributed by atoms with Crippen molar-refractivity contribution in [3.05, 3.63) is 41.6 Å². The lowest BCUT2D eigenvalue weighted by atomic mass is 10.0. The van der Waals surface area contributed by atoms with Gasteiger partial charge in [-0.2, -0.15) is 18.3 Å². The minimum atomic E-state index is -4.92. The molecule has 2 aromatic heterocycles. The maximum Gasteiger partial charge on any atom is 0.418 e. The molecule has 1 saturated carbocycles. The number of carbonyl (C=O) groups is 1. The van der Waals surface area contributed by atoms with Crippen molar-refractivity contribution >= 4 is 40.0 Å². The fraction of sp³-hybridized carbons (Fsp3) is 0.348. The minimum absolute atomic E-state index is 0.0566. The third-order valence-electron chi connectivity index (χ3n) is 5.68. The second kappa shape index (κ2) is 9.17. The number of amides is 1. The summed E-state index contributed by atoms with van der Waals surface area (Å²) < 4.78 is 61.1. The van der Waals surface area contributed by atoms with Gasteiger partial charge in [0.05, 0.1) is 29.3 Å². The number of aliphatic hydroxyl groups is 1. The molecule has 0 aliphatic heterocycles. The summed E-state index contributed by atoms with van der Waals surface area (Å²) in [5.41, 5.74) is 0.147. The zero-order valence-corrected chi connectivity index (χ0v) is 19.1. The molecule has 0 radical (unpaired) electrons. The zero-order valence-electron chi connectivity index (χ0n) is 19.1. The zero-order chi connectivity index (χ0) is 25.5. The largest absolute Gasteiger partial charge is 0.496 e. The Balaban J connectivity index is 1.83. The average Bonchev–Trinajstić information content (AvgIpc) is 3.62. The number of ether oxygens (including phenoxy) is 1. The molecule has 1 unspecified atom stereocenters. The van der Waals surface area contributed by atoms with Crippen LogP contribution in [0.3, 0.4) is 0 Å². The standard InChI is InChI=1S/C23H23F4N5O3/c1-4-14(24)13-10-28-17(30-22(34)11-5-6-11)9-15(13)29-21-18-16(32(2)31-21)8-7-12(19(18)35-3)20(33)23(25,26)27/h4,7-11,20,33H,5-6H2,1-3H3,(H2,28,29,30,31,34)/b14-4-. The number of allylic oxidation sites excluding steroid dienone is 1. The van der Waals surface area contributed by atoms with Gasteiger partial charge in [0.25, 0.3) is 0 Å². The van der Waals surface area contributed by atoms with Gasteiger partial charge in [-0.1, -0.05) is 12.1 Å². The lowest BCUT2D eigenvalue weighted by molar-refractivity contribution is -0.207. The Morgan fingerprint density at radius 2 is 2.06 bits per heavy atom. The lowest BCUT2D eigenvalue weighted by Crippen LogP contribution is -2.20. The maximum absolute atomic E-state index is 14.6. The highest BCUT2D eigenvalue weighted by atomic mass is 19.4. The molecule has 3 N–H and O–H groups in total. The number of rotatable bonds is 7. The number of carbonyl (C=O) groups excluding carboxylic acids is 1. The molecule has 2 heterocycles. The smallest absolute Gasteiger partial charge is 0.418 e. The van der Waals surface area contributed by atoms with Crippen LogP contribution in [0.25, 0.3) is 16.7 Å². The van der Waals surface area contributed by atoms with Crippen molar-refractivity contribution in [3.8, 4) is 5.75 Å². The number of aliphatic hydroxyl groups excluding tert-OH is 1. The highest BCUT2D eigenvalue weighted by Gasteiger charge is 2.41. The van der Waals surface area contributed by atoms with Crippen molar-refractivity contribution in [3.63, 3.8) is 0 Å². The summed E-state index contributed by atoms with van der Waals surface area (Å²) in [6, 6.07) is 3.91. The Morgan fingerprint density at radius 3 is 2.66 bits per heavy atom. The number of halogens is 4. The second-order valence-electron chi connectivity index (χ2n) is 8.14. The number of methoxy groups -OCH3 is 1. The monoisotopic (exact) mass is 493 g/mol. The molecule has 1 atom stereocenters. The molecule has 12 heteroatoms. The molecule has 3 aromatic rings. The predicted molar refractivity (Wildman–Crippen MR) is 122 cm³/mol. The Hall–Kier alpha value is -3.67. The first kappa shape index (κ1) is 24.5. The minimum Gasteiger partial charge on any atom is -0.496 e. The van der Waals surface area contributed by atoms with Gasteiger partial charge in [-0.15, -0.1) is 0 Å². The number of nitrogens with one attached hydrogen (secondary N) is 2. The van der Waals surface area contributed by atoms with Crippen LogP contribution in [0.5, 0.6) is 5.75 Å². The van der Waals surface area contributed by atoms with Crippen molar-refractivity contribution in [2.45, 2.75) is 32.0 Å². The fourth-order valence-corrected chi connectivity index (χ4v) is 3.71. The number of hydrogen-bond donors (Lipinski definition) is 3. The second-order valence-corrected chi connectivity index (χ2v) is 8.14. The van der Waals surface area contributed by atoms with Gasteiger partial charge in [0.2, 0.25) is 5.91 Å². The molecule has 1 amide bonds. The van der Waals surface area contributed by atoms with Gasteiger partial charge in [-0.25, -0.2) is 9.37 Å². The van der Waals surface area contributed by atoms with Crippen LogP contribution in [0, 0.1) is 5.92 Å². The lowest BCUT2D eigenvalue weighted by Gasteiger charge is -2.18. The van der Waals surface area contributed by atoms with Crippen LogP contribution in [0.15, 0.2) is 30.5 Å². The Kier molecular flexibility index (Phi) is 6.41. The van der Waals surface area contributed by atoms with Crippen molar-refractivity contribution < 1.29 is 32.2 Å². The van der Waals surface area contributed by atoms with E-state index in [-0.39, 0.29) is 45.8 Å². The third-order valence-corrected chi connectivity index (χ3v) is 5.68. The number of anilines is 3. The third kappa shape index (κ3) is 4.78. The number of alkyl halides is 3. The molecule has 4 rings (SSSR count). The van der Waals surface area contributed by atoms with E-state index in [0.717, 1.165) is 18.9 Å². The number of nitrogens with zero attached hydrogens (tertiary/aromatic N) is 3. The van der Waals surface area contributed by atoms with Crippen molar-refractivity contribution in [2.24, 2.45) is 13.0 Å². The molecule has 8 nitrogen and oxygen atoms in total. The van der Waals surface area contributed by atoms with E-state index in [2.05, 4.69) is 20.7 Å². The molecule has 0 saturated heterocycles. The summed E-state index contributed by atoms with van der Waals surface area (Å²) in [5, 5.41) is 20.0. The van der Waals surface area contributed by atoms with E-state index >= 15 is 0 Å². The molecular formula is C23H23F4N5O3. The molecule has 1 aliphatic rings. The van der Waals surface area contributed by atoms with Crippen molar-refractivity contribution in [1.82, 2.24) is 14.8 Å². The quantitative estimate of drug-likeness (QED) is 0.401. The van der Waals surface area contributed by atoms with E-state index in [0.29, 0.717) is 5.52 Å². The van der Waals surface area contributed by atoms with Gasteiger partial charge in [-0.3, -0.25) is 9.48 Å². The van der Waals surface area contributed by atoms with Gasteiger partial charge in [0.1, 0.15) is 17.4 Å². The molecule has 0 spiro atoms. The average molecular weight is 493 g/mol. The van der Waals surface area contributed by atoms with Crippen LogP contribution in [0.4, 0.5) is 34.9 Å². The van der Waals surface area contributed by atoms with E-state index in [4.69, 9.17) is 4.74 Å². The van der Waals surface area contributed by atoms with Crippen LogP contribution in [0.1, 0.15) is 37.0 Å². The van der Waals surface area contributed by atoms with Gasteiger partial charge < -0.3 is 20.5 Å². The van der Waals surface area contributed by atoms with Crippen LogP contribution in [-0.4, -0.2) is 39.1 Å². The number of aryl methyl sites for hydroxylation is 1. The summed E-state index contributed by atoms with van der Waals surface area (Å²) in [5.74, 6) is -0.877. The Morgan fingerprint density at radius 1 is 1.34 bits per heavy atom. The fourth-order valence-electron chi connectivity index (χ4n) is 3.71. The van der Waals surface area contributed by atoms with Gasteiger partial charge in [0.15, 0.2) is 11.9 Å². The van der Waals surface area contributed by atoms with E-state index in [1.807, 2.05) is 0 Å². The molecular weight excluding hydrogens is 470 g/mol. The van der Waals surface area contributed by atoms with Gasteiger partial charge in [0, 0.05) is 30.8 Å². The molecule has 1 aliphatic carbocycles. The van der Waals surface area contributed by atoms with E-state index in [9.17, 15) is 27.5 Å². The number of hydrogen-bond acceptors (Lipinski definition) is 6. The summed E-state index contributed by atoms with van der Waals surface area (Å²) in [7, 11) is 2.76. The van der Waals surface area contributed by atoms with Crippen LogP contribution < -0.4 is 15.4 Å². The Bertz CT molecular complexity index is 1310. The Labute approximate surface area is 197 Å². The van der Waals surface area contributed by atoms with Crippen molar-refractivity contribution in [2.75, 3.05) is 17.7 Å². The summed E-state index contributed by atoms with van der Waals surface area (Å²) in [6.07, 6.45) is -3.67. The number of benzene rings is 1. The summed E-state index contributed by atoms with van der Waals surface area (Å²) >= 11 is 0. The van der Waals surface area contributed by atoms with Gasteiger partial charge >= 0.3 is 6.18 Å². The number of fused-ring (bicyclic) bond motifs is 1. The van der Waals surface area contributed by atoms with Crippen LogP contribution in [0.2, 0.25) is 0 Å². The molecule has 1 aromatic carbocycles. The summed E-state index contributed by atoms with van der Waals surface area (Å²) in [4.78, 5) is 16.3. The number of aromatic nitrogens is 3. The predicted octanol–water partition coefficient (Wildman–Crippen LogP) is 5.00. The first-order valence-electron chi connectivity index (χ1n) is 10.7. The molecule has 186 valence electrons. The van der Waals surface area contributed by atoms with E-state index in [1.54, 1.807) is 7.05 Å². The maximum atomic E-state index is 14.6. The molecule has 0 bridgehead atoms. The SMILES string of the molecule is C/C=C(\F)c1cnc(NC(=O)C2CC2)cc1Nc1nn(C)c2ccc(C(O)C(F)(F)F)c(OC)c12. The topological polar surface area (TPSA) is 101 Å². The van der Waals surface area contributed by atoms with Crippen molar-refractivity contribution in [1.29, 1.82) is 0 Å². The van der Waals surface area contributed by atoms with E-state index in [1.165, 1.54) is 43.1 Å². The van der Waals surface area contributed by atoms with Crippen LogP contribution in [-0.2, 0) is 11.8 Å². The number of pyridine rings is 1. The highest BCUT2D eigenvalue weighted by molar-refractivity contribution is 5.99. The highest BCUT2D eigenvalue weighted by Crippen LogP contribution is 2.43. The molecule has 35 heavy (non-hydrogen) atoms. The summed E-state index contributed by atoms with van der Waals surface area (Å²) in [6.45, 7) is 1.49. The van der Waals surface area contributed by atoms with E-state index < -0.39 is 23.7 Å². The normalized spacial score (nSPS) is 15.3. The molecule has 1 fully saturated rings. The van der Waals surface area contributed by atoms with Gasteiger partial charge in [-0.05, 0) is 25.8 Å².